The van der Waals surface area contributed by atoms with Gasteiger partial charge in [0.2, 0.25) is 0 Å². The maximum absolute atomic E-state index is 11.9. The number of aromatic nitrogens is 2. The number of carbonyl (C=O) groups excluding carboxylic acids is 1. The van der Waals surface area contributed by atoms with E-state index in [1.165, 1.54) is 11.3 Å². The van der Waals surface area contributed by atoms with Gasteiger partial charge in [0.25, 0.3) is 5.91 Å². The molecular weight excluding hydrogens is 222 g/mol. The van der Waals surface area contributed by atoms with Crippen molar-refractivity contribution < 1.29 is 4.79 Å². The van der Waals surface area contributed by atoms with Crippen molar-refractivity contribution in [2.45, 2.75) is 19.9 Å². The first-order chi connectivity index (χ1) is 7.68. The number of hydrogen-bond acceptors (Lipinski definition) is 3. The Morgan fingerprint density at radius 1 is 1.56 bits per heavy atom. The normalized spacial score (nSPS) is 12.4. The number of nitrogens with zero attached hydrogens (tertiary/aromatic N) is 1. The first-order valence-corrected chi connectivity index (χ1v) is 5.95. The molecule has 2 aromatic rings. The molecule has 0 aromatic carbocycles. The molecule has 1 unspecified atom stereocenters. The molecule has 0 radical (unpaired) electrons. The summed E-state index contributed by atoms with van der Waals surface area (Å²) in [6.45, 7) is 3.87. The lowest BCUT2D eigenvalue weighted by atomic mass is 10.1. The van der Waals surface area contributed by atoms with Crippen LogP contribution in [-0.4, -0.2) is 16.1 Å². The highest BCUT2D eigenvalue weighted by Gasteiger charge is 2.14. The van der Waals surface area contributed by atoms with Crippen molar-refractivity contribution in [2.75, 3.05) is 0 Å². The summed E-state index contributed by atoms with van der Waals surface area (Å²) in [6.07, 6.45) is 3.50. The summed E-state index contributed by atoms with van der Waals surface area (Å²) in [5.41, 5.74) is 2.74. The first-order valence-electron chi connectivity index (χ1n) is 5.01. The minimum Gasteiger partial charge on any atom is -0.345 e. The van der Waals surface area contributed by atoms with Crippen LogP contribution in [0.3, 0.4) is 0 Å². The average molecular weight is 235 g/mol. The number of aromatic amines is 1. The van der Waals surface area contributed by atoms with E-state index in [1.54, 1.807) is 12.4 Å². The second-order valence-electron chi connectivity index (χ2n) is 3.70. The Kier molecular flexibility index (Phi) is 3.05. The second-order valence-corrected chi connectivity index (χ2v) is 4.44. The van der Waals surface area contributed by atoms with Gasteiger partial charge in [-0.25, -0.2) is 0 Å². The van der Waals surface area contributed by atoms with E-state index < -0.39 is 0 Å². The maximum Gasteiger partial charge on any atom is 0.252 e. The zero-order valence-electron chi connectivity index (χ0n) is 9.15. The van der Waals surface area contributed by atoms with E-state index in [0.717, 1.165) is 16.7 Å². The third-order valence-electron chi connectivity index (χ3n) is 2.47. The van der Waals surface area contributed by atoms with Crippen molar-refractivity contribution >= 4 is 17.2 Å². The molecule has 0 saturated carbocycles. The van der Waals surface area contributed by atoms with E-state index in [4.69, 9.17) is 0 Å². The van der Waals surface area contributed by atoms with E-state index in [9.17, 15) is 4.79 Å². The highest BCUT2D eigenvalue weighted by Crippen LogP contribution is 2.16. The fourth-order valence-electron chi connectivity index (χ4n) is 1.45. The van der Waals surface area contributed by atoms with Crippen LogP contribution in [0, 0.1) is 6.92 Å². The zero-order valence-corrected chi connectivity index (χ0v) is 9.97. The lowest BCUT2D eigenvalue weighted by Gasteiger charge is -2.11. The summed E-state index contributed by atoms with van der Waals surface area (Å²) in [7, 11) is 0. The number of nitrogens with one attached hydrogen (secondary N) is 2. The summed E-state index contributed by atoms with van der Waals surface area (Å²) in [5, 5.41) is 13.4. The first kappa shape index (κ1) is 10.9. The number of aryl methyl sites for hydroxylation is 1. The predicted molar refractivity (Wildman–Crippen MR) is 63.5 cm³/mol. The van der Waals surface area contributed by atoms with Crippen LogP contribution in [0.25, 0.3) is 0 Å². The summed E-state index contributed by atoms with van der Waals surface area (Å²) >= 11 is 1.54. The van der Waals surface area contributed by atoms with Crippen molar-refractivity contribution in [3.8, 4) is 0 Å². The van der Waals surface area contributed by atoms with Crippen molar-refractivity contribution in [1.29, 1.82) is 0 Å². The summed E-state index contributed by atoms with van der Waals surface area (Å²) in [5.74, 6) is -0.0348. The van der Waals surface area contributed by atoms with E-state index >= 15 is 0 Å². The lowest BCUT2D eigenvalue weighted by Crippen LogP contribution is -2.26. The van der Waals surface area contributed by atoms with E-state index in [-0.39, 0.29) is 11.9 Å². The average Bonchev–Trinajstić information content (AvgIpc) is 2.86. The smallest absolute Gasteiger partial charge is 0.252 e. The molecule has 5 heteroatoms. The third-order valence-corrected chi connectivity index (χ3v) is 3.33. The highest BCUT2D eigenvalue weighted by atomic mass is 32.1. The fourth-order valence-corrected chi connectivity index (χ4v) is 2.28. The van der Waals surface area contributed by atoms with E-state index in [2.05, 4.69) is 15.5 Å². The van der Waals surface area contributed by atoms with Gasteiger partial charge in [-0.15, -0.1) is 0 Å². The van der Waals surface area contributed by atoms with Gasteiger partial charge >= 0.3 is 0 Å². The highest BCUT2D eigenvalue weighted by molar-refractivity contribution is 7.08. The van der Waals surface area contributed by atoms with Crippen molar-refractivity contribution in [1.82, 2.24) is 15.5 Å². The predicted octanol–water partition coefficient (Wildman–Crippen LogP) is 2.27. The topological polar surface area (TPSA) is 57.8 Å². The molecular formula is C11H13N3OS. The van der Waals surface area contributed by atoms with Crippen molar-refractivity contribution in [3.63, 3.8) is 0 Å². The third kappa shape index (κ3) is 2.14. The quantitative estimate of drug-likeness (QED) is 0.857. The molecule has 0 bridgehead atoms. The van der Waals surface area contributed by atoms with Crippen LogP contribution in [-0.2, 0) is 0 Å². The molecule has 16 heavy (non-hydrogen) atoms. The molecule has 2 aromatic heterocycles. The molecule has 0 fully saturated rings. The van der Waals surface area contributed by atoms with Gasteiger partial charge in [0, 0.05) is 17.1 Å². The van der Waals surface area contributed by atoms with Crippen LogP contribution in [0.1, 0.15) is 34.5 Å². The van der Waals surface area contributed by atoms with E-state index in [0.29, 0.717) is 0 Å². The Morgan fingerprint density at radius 2 is 2.38 bits per heavy atom. The molecule has 0 saturated heterocycles. The molecule has 2 N–H and O–H groups in total. The minimum absolute atomic E-state index is 0.0348. The van der Waals surface area contributed by atoms with Gasteiger partial charge in [-0.3, -0.25) is 9.89 Å². The monoisotopic (exact) mass is 235 g/mol. The number of carbonyl (C=O) groups is 1. The van der Waals surface area contributed by atoms with Crippen LogP contribution in [0.4, 0.5) is 0 Å². The number of thiophene rings is 1. The van der Waals surface area contributed by atoms with Crippen molar-refractivity contribution in [3.05, 3.63) is 39.8 Å². The number of amides is 1. The molecule has 1 atom stereocenters. The zero-order chi connectivity index (χ0) is 11.5. The van der Waals surface area contributed by atoms with E-state index in [1.807, 2.05) is 24.6 Å². The Morgan fingerprint density at radius 3 is 2.94 bits per heavy atom. The standard InChI is InChI=1S/C11H13N3OS/c1-7-5-16-6-10(7)11(15)14-8(2)9-3-12-13-4-9/h3-6,8H,1-2H3,(H,12,13)(H,14,15). The van der Waals surface area contributed by atoms with Crippen LogP contribution in [0.15, 0.2) is 23.2 Å². The number of hydrogen-bond donors (Lipinski definition) is 2. The lowest BCUT2D eigenvalue weighted by molar-refractivity contribution is 0.0940. The van der Waals surface area contributed by atoms with Gasteiger partial charge in [-0.05, 0) is 24.8 Å². The van der Waals surface area contributed by atoms with Gasteiger partial charge in [-0.2, -0.15) is 16.4 Å². The van der Waals surface area contributed by atoms with Crippen LogP contribution >= 0.6 is 11.3 Å². The molecule has 0 aliphatic heterocycles. The van der Waals surface area contributed by atoms with Gasteiger partial charge in [0.1, 0.15) is 0 Å². The fraction of sp³-hybridized carbons (Fsp3) is 0.273. The molecule has 2 heterocycles. The molecule has 0 spiro atoms. The van der Waals surface area contributed by atoms with Gasteiger partial charge in [0.05, 0.1) is 17.8 Å². The largest absolute Gasteiger partial charge is 0.345 e. The number of rotatable bonds is 3. The molecule has 84 valence electrons. The Balaban J connectivity index is 2.06. The maximum atomic E-state index is 11.9. The van der Waals surface area contributed by atoms with Gasteiger partial charge in [0.15, 0.2) is 0 Å². The molecule has 1 amide bonds. The molecule has 2 rings (SSSR count). The minimum atomic E-state index is -0.0365. The molecule has 0 aliphatic rings. The van der Waals surface area contributed by atoms with Crippen LogP contribution in [0.5, 0.6) is 0 Å². The Labute approximate surface area is 97.7 Å². The summed E-state index contributed by atoms with van der Waals surface area (Å²) in [6, 6.07) is -0.0365. The molecule has 0 aliphatic carbocycles. The summed E-state index contributed by atoms with van der Waals surface area (Å²) in [4.78, 5) is 11.9. The van der Waals surface area contributed by atoms with Gasteiger partial charge in [-0.1, -0.05) is 0 Å². The van der Waals surface area contributed by atoms with Crippen LogP contribution < -0.4 is 5.32 Å². The van der Waals surface area contributed by atoms with Crippen LogP contribution in [0.2, 0.25) is 0 Å². The molecule has 4 nitrogen and oxygen atoms in total. The summed E-state index contributed by atoms with van der Waals surface area (Å²) < 4.78 is 0. The Hall–Kier alpha value is -1.62. The number of H-pyrrole nitrogens is 1. The van der Waals surface area contributed by atoms with Gasteiger partial charge < -0.3 is 5.32 Å². The SMILES string of the molecule is Cc1cscc1C(=O)NC(C)c1cn[nH]c1. The van der Waals surface area contributed by atoms with Crippen molar-refractivity contribution in [2.24, 2.45) is 0 Å². The second kappa shape index (κ2) is 4.49. The Bertz CT molecular complexity index is 475.